The molecule has 0 radical (unpaired) electrons. The van der Waals surface area contributed by atoms with Crippen LogP contribution in [0.4, 0.5) is 40.6 Å². The monoisotopic (exact) mass is 469 g/mol. The molecule has 0 bridgehead atoms. The van der Waals surface area contributed by atoms with Gasteiger partial charge in [0.25, 0.3) is 5.69 Å². The van der Waals surface area contributed by atoms with Crippen LogP contribution >= 0.6 is 0 Å². The Morgan fingerprint density at radius 3 is 1.94 bits per heavy atom. The van der Waals surface area contributed by atoms with Crippen molar-refractivity contribution in [2.45, 2.75) is 0 Å². The summed E-state index contributed by atoms with van der Waals surface area (Å²) in [6.07, 6.45) is 1.66. The Bertz CT molecular complexity index is 1310. The summed E-state index contributed by atoms with van der Waals surface area (Å²) >= 11 is 0. The van der Waals surface area contributed by atoms with Crippen molar-refractivity contribution >= 4 is 46.8 Å². The number of nitrogens with one attached hydrogen (secondary N) is 3. The van der Waals surface area contributed by atoms with Gasteiger partial charge in [0, 0.05) is 43.3 Å². The molecule has 1 aromatic heterocycles. The molecule has 3 N–H and O–H groups in total. The molecule has 0 saturated heterocycles. The van der Waals surface area contributed by atoms with Crippen molar-refractivity contribution in [3.63, 3.8) is 0 Å². The number of benzene rings is 3. The second-order valence-corrected chi connectivity index (χ2v) is 7.58. The predicted octanol–water partition coefficient (Wildman–Crippen LogP) is 4.78. The molecule has 176 valence electrons. The van der Waals surface area contributed by atoms with Gasteiger partial charge in [0.05, 0.1) is 11.1 Å². The molecule has 0 fully saturated rings. The minimum absolute atomic E-state index is 0.00654. The number of hydrazone groups is 1. The van der Waals surface area contributed by atoms with Crippen LogP contribution in [0.5, 0.6) is 0 Å². The fourth-order valence-corrected chi connectivity index (χ4v) is 3.01. The van der Waals surface area contributed by atoms with Crippen LogP contribution in [0.1, 0.15) is 5.56 Å². The lowest BCUT2D eigenvalue weighted by atomic mass is 10.2. The summed E-state index contributed by atoms with van der Waals surface area (Å²) in [6.45, 7) is 0. The first kappa shape index (κ1) is 23.1. The number of nitro groups is 1. The molecule has 4 aromatic rings. The summed E-state index contributed by atoms with van der Waals surface area (Å²) < 4.78 is 0. The summed E-state index contributed by atoms with van der Waals surface area (Å²) in [5.41, 5.74) is 6.21. The number of para-hydroxylation sites is 1. The largest absolute Gasteiger partial charge is 0.378 e. The number of aromatic nitrogens is 3. The number of rotatable bonds is 9. The highest BCUT2D eigenvalue weighted by Crippen LogP contribution is 2.21. The van der Waals surface area contributed by atoms with Gasteiger partial charge in [-0.15, -0.1) is 0 Å². The van der Waals surface area contributed by atoms with Crippen molar-refractivity contribution in [3.05, 3.63) is 94.5 Å². The maximum absolute atomic E-state index is 10.9. The Labute approximate surface area is 201 Å². The molecule has 0 spiro atoms. The van der Waals surface area contributed by atoms with E-state index in [1.165, 1.54) is 12.1 Å². The van der Waals surface area contributed by atoms with Crippen molar-refractivity contribution in [3.8, 4) is 0 Å². The maximum atomic E-state index is 10.9. The first-order valence-corrected chi connectivity index (χ1v) is 10.6. The average molecular weight is 470 g/mol. The fourth-order valence-electron chi connectivity index (χ4n) is 3.01. The van der Waals surface area contributed by atoms with Crippen molar-refractivity contribution in [2.24, 2.45) is 5.10 Å². The van der Waals surface area contributed by atoms with Crippen molar-refractivity contribution in [2.75, 3.05) is 35.1 Å². The molecule has 1 heterocycles. The number of hydrogen-bond acceptors (Lipinski definition) is 10. The van der Waals surface area contributed by atoms with Crippen LogP contribution in [0.15, 0.2) is 84.0 Å². The number of hydrogen-bond donors (Lipinski definition) is 3. The molecule has 0 amide bonds. The SMILES string of the molecule is CN(C)c1ccc(/C=N/Nc2nc(Nc3ccccc3)nc(Nc3ccc([N+](=O)[O-])cc3)n2)cc1. The zero-order chi connectivity index (χ0) is 24.6. The molecule has 0 atom stereocenters. The van der Waals surface area contributed by atoms with Crippen LogP contribution in [0.25, 0.3) is 0 Å². The molecule has 35 heavy (non-hydrogen) atoms. The van der Waals surface area contributed by atoms with E-state index in [1.54, 1.807) is 18.3 Å². The van der Waals surface area contributed by atoms with Gasteiger partial charge in [-0.1, -0.05) is 30.3 Å². The topological polar surface area (TPSA) is 134 Å². The van der Waals surface area contributed by atoms with Gasteiger partial charge >= 0.3 is 0 Å². The molecule has 4 rings (SSSR count). The number of nitrogens with zero attached hydrogens (tertiary/aromatic N) is 6. The number of nitro benzene ring substituents is 1. The summed E-state index contributed by atoms with van der Waals surface area (Å²) in [5.74, 6) is 0.743. The first-order chi connectivity index (χ1) is 17.0. The molecule has 0 aliphatic heterocycles. The van der Waals surface area contributed by atoms with Crippen LogP contribution in [0.3, 0.4) is 0 Å². The van der Waals surface area contributed by atoms with Crippen LogP contribution < -0.4 is 21.0 Å². The zero-order valence-electron chi connectivity index (χ0n) is 19.1. The van der Waals surface area contributed by atoms with E-state index in [0.717, 1.165) is 16.9 Å². The van der Waals surface area contributed by atoms with Gasteiger partial charge in [0.15, 0.2) is 0 Å². The smallest absolute Gasteiger partial charge is 0.269 e. The normalized spacial score (nSPS) is 10.7. The lowest BCUT2D eigenvalue weighted by Gasteiger charge is -2.11. The summed E-state index contributed by atoms with van der Waals surface area (Å²) in [5, 5.41) is 21.3. The van der Waals surface area contributed by atoms with Gasteiger partial charge in [0.2, 0.25) is 17.8 Å². The standard InChI is InChI=1S/C24H23N9O2/c1-32(2)20-12-8-17(9-13-20)16-25-31-24-29-22(26-18-6-4-3-5-7-18)28-23(30-24)27-19-10-14-21(15-11-19)33(34)35/h3-16H,1-2H3,(H3,26,27,28,29,30,31)/b25-16+. The third-order valence-electron chi connectivity index (χ3n) is 4.79. The molecule has 3 aromatic carbocycles. The van der Waals surface area contributed by atoms with Crippen molar-refractivity contribution < 1.29 is 4.92 Å². The van der Waals surface area contributed by atoms with Gasteiger partial charge < -0.3 is 15.5 Å². The van der Waals surface area contributed by atoms with Crippen molar-refractivity contribution in [1.29, 1.82) is 0 Å². The van der Waals surface area contributed by atoms with Gasteiger partial charge in [-0.05, 0) is 42.0 Å². The zero-order valence-corrected chi connectivity index (χ0v) is 19.1. The Morgan fingerprint density at radius 2 is 1.37 bits per heavy atom. The van der Waals surface area contributed by atoms with E-state index in [4.69, 9.17) is 0 Å². The fraction of sp³-hybridized carbons (Fsp3) is 0.0833. The number of non-ortho nitro benzene ring substituents is 1. The molecule has 0 saturated carbocycles. The Hall–Kier alpha value is -5.06. The first-order valence-electron chi connectivity index (χ1n) is 10.6. The van der Waals surface area contributed by atoms with Crippen molar-refractivity contribution in [1.82, 2.24) is 15.0 Å². The molecule has 11 nitrogen and oxygen atoms in total. The second kappa shape index (κ2) is 10.7. The van der Waals surface area contributed by atoms with E-state index in [0.29, 0.717) is 11.6 Å². The third-order valence-corrected chi connectivity index (χ3v) is 4.79. The van der Waals surface area contributed by atoms with Crippen LogP contribution in [0.2, 0.25) is 0 Å². The summed E-state index contributed by atoms with van der Waals surface area (Å²) in [6, 6.07) is 23.3. The van der Waals surface area contributed by atoms with Crippen LogP contribution in [-0.4, -0.2) is 40.2 Å². The second-order valence-electron chi connectivity index (χ2n) is 7.58. The Balaban J connectivity index is 1.54. The maximum Gasteiger partial charge on any atom is 0.269 e. The van der Waals surface area contributed by atoms with E-state index in [1.807, 2.05) is 73.6 Å². The minimum Gasteiger partial charge on any atom is -0.378 e. The quantitative estimate of drug-likeness (QED) is 0.180. The van der Waals surface area contributed by atoms with Gasteiger partial charge in [-0.3, -0.25) is 10.1 Å². The predicted molar refractivity (Wildman–Crippen MR) is 138 cm³/mol. The lowest BCUT2D eigenvalue weighted by molar-refractivity contribution is -0.384. The molecule has 0 aliphatic carbocycles. The van der Waals surface area contributed by atoms with Gasteiger partial charge in [-0.2, -0.15) is 20.1 Å². The molecular weight excluding hydrogens is 446 g/mol. The Kier molecular flexibility index (Phi) is 7.07. The minimum atomic E-state index is -0.456. The van der Waals surface area contributed by atoms with E-state index in [2.05, 4.69) is 36.1 Å². The van der Waals surface area contributed by atoms with E-state index in [-0.39, 0.29) is 17.6 Å². The molecule has 11 heteroatoms. The van der Waals surface area contributed by atoms with E-state index in [9.17, 15) is 10.1 Å². The third kappa shape index (κ3) is 6.48. The summed E-state index contributed by atoms with van der Waals surface area (Å²) in [4.78, 5) is 25.6. The molecular formula is C24H23N9O2. The summed E-state index contributed by atoms with van der Waals surface area (Å²) in [7, 11) is 3.96. The Morgan fingerprint density at radius 1 is 0.800 bits per heavy atom. The molecule has 0 aliphatic rings. The van der Waals surface area contributed by atoms with Gasteiger partial charge in [-0.25, -0.2) is 5.43 Å². The van der Waals surface area contributed by atoms with E-state index >= 15 is 0 Å². The molecule has 0 unspecified atom stereocenters. The highest BCUT2D eigenvalue weighted by Gasteiger charge is 2.09. The lowest BCUT2D eigenvalue weighted by Crippen LogP contribution is -2.08. The van der Waals surface area contributed by atoms with E-state index < -0.39 is 4.92 Å². The van der Waals surface area contributed by atoms with Crippen LogP contribution in [0, 0.1) is 10.1 Å². The van der Waals surface area contributed by atoms with Gasteiger partial charge in [0.1, 0.15) is 0 Å². The average Bonchev–Trinajstić information content (AvgIpc) is 2.85. The number of anilines is 6. The highest BCUT2D eigenvalue weighted by molar-refractivity contribution is 5.80. The van der Waals surface area contributed by atoms with Crippen LogP contribution in [-0.2, 0) is 0 Å². The highest BCUT2D eigenvalue weighted by atomic mass is 16.6.